The number of guanidine groups is 1. The number of nitrogens with two attached hydrogens (primary N) is 2. The van der Waals surface area contributed by atoms with E-state index in [0.717, 1.165) is 0 Å². The molecule has 2 aliphatic heterocycles. The van der Waals surface area contributed by atoms with Gasteiger partial charge in [0.05, 0.1) is 0 Å². The van der Waals surface area contributed by atoms with E-state index in [1.807, 2.05) is 13.8 Å². The van der Waals surface area contributed by atoms with Crippen LogP contribution in [0.15, 0.2) is 29.3 Å². The summed E-state index contributed by atoms with van der Waals surface area (Å²) in [5.74, 6) is -1.05. The summed E-state index contributed by atoms with van der Waals surface area (Å²) in [5.41, 5.74) is 10.8. The van der Waals surface area contributed by atoms with Crippen molar-refractivity contribution in [1.82, 2.24) is 36.2 Å². The predicted molar refractivity (Wildman–Crippen MR) is 116 cm³/mol. The Morgan fingerprint density at radius 1 is 1.30 bits per heavy atom. The lowest BCUT2D eigenvalue weighted by atomic mass is 9.95. The summed E-state index contributed by atoms with van der Waals surface area (Å²) in [6, 6.07) is 2.27. The zero-order chi connectivity index (χ0) is 23.9. The predicted octanol–water partition coefficient (Wildman–Crippen LogP) is -1.15. The molecule has 4 amide bonds. The number of urea groups is 1. The van der Waals surface area contributed by atoms with Gasteiger partial charge in [0.1, 0.15) is 29.2 Å². The Kier molecular flexibility index (Phi) is 5.57. The van der Waals surface area contributed by atoms with Crippen molar-refractivity contribution in [1.29, 1.82) is 0 Å². The smallest absolute Gasteiger partial charge is 0.345 e. The Labute approximate surface area is 191 Å². The Hall–Kier alpha value is -3.88. The highest BCUT2D eigenvalue weighted by molar-refractivity contribution is 8.01. The number of β-lactam (4-membered cyclic amide) rings is 1. The van der Waals surface area contributed by atoms with Crippen molar-refractivity contribution < 1.29 is 19.5 Å². The molecule has 1 aromatic heterocycles. The van der Waals surface area contributed by atoms with E-state index in [1.165, 1.54) is 36.0 Å². The molecule has 1 aromatic carbocycles. The summed E-state index contributed by atoms with van der Waals surface area (Å²) in [7, 11) is 0. The minimum absolute atomic E-state index is 0.0182. The number of aromatic amines is 1. The number of fused-ring (bicyclic) bond motifs is 1. The van der Waals surface area contributed by atoms with Gasteiger partial charge in [-0.1, -0.05) is 17.3 Å². The van der Waals surface area contributed by atoms with Gasteiger partial charge in [0.25, 0.3) is 0 Å². The van der Waals surface area contributed by atoms with Crippen LogP contribution in [-0.4, -0.2) is 70.6 Å². The number of phenolic OH excluding ortho intramolecular Hbond substituents is 1. The molecule has 33 heavy (non-hydrogen) atoms. The number of hydrogen-bond acceptors (Lipinski definition) is 8. The van der Waals surface area contributed by atoms with Gasteiger partial charge >= 0.3 is 6.03 Å². The van der Waals surface area contributed by atoms with Crippen LogP contribution < -0.4 is 22.1 Å². The van der Waals surface area contributed by atoms with Crippen molar-refractivity contribution >= 4 is 35.6 Å². The third-order valence-corrected chi connectivity index (χ3v) is 6.90. The number of carbonyl (C=O) groups excluding carboxylic acids is 3. The summed E-state index contributed by atoms with van der Waals surface area (Å²) in [6.07, 6.45) is 0. The molecule has 14 nitrogen and oxygen atoms in total. The summed E-state index contributed by atoms with van der Waals surface area (Å²) in [6.45, 7) is 3.91. The van der Waals surface area contributed by atoms with Gasteiger partial charge in [-0.2, -0.15) is 10.2 Å². The highest BCUT2D eigenvalue weighted by Gasteiger charge is 2.63. The van der Waals surface area contributed by atoms with Crippen LogP contribution in [0.2, 0.25) is 0 Å². The topological polar surface area (TPSA) is 218 Å². The number of thioether (sulfide) groups is 1. The van der Waals surface area contributed by atoms with E-state index < -0.39 is 40.8 Å². The van der Waals surface area contributed by atoms with E-state index in [-0.39, 0.29) is 17.0 Å². The van der Waals surface area contributed by atoms with Gasteiger partial charge in [-0.05, 0) is 31.5 Å². The maximum absolute atomic E-state index is 13.1. The van der Waals surface area contributed by atoms with Crippen LogP contribution in [-0.2, 0) is 9.59 Å². The highest BCUT2D eigenvalue weighted by atomic mass is 32.2. The summed E-state index contributed by atoms with van der Waals surface area (Å²) in [5, 5.41) is 28.3. The first kappa shape index (κ1) is 22.3. The number of phenols is 1. The molecule has 15 heteroatoms. The molecule has 8 N–H and O–H groups in total. The van der Waals surface area contributed by atoms with Gasteiger partial charge in [-0.15, -0.1) is 22.0 Å². The first-order valence-corrected chi connectivity index (χ1v) is 10.7. The van der Waals surface area contributed by atoms with Crippen LogP contribution in [0, 0.1) is 0 Å². The molecular weight excluding hydrogens is 452 g/mol. The molecule has 4 atom stereocenters. The number of amides is 4. The fraction of sp³-hybridized carbons (Fsp3) is 0.389. The maximum atomic E-state index is 13.1. The lowest BCUT2D eigenvalue weighted by molar-refractivity contribution is -0.152. The Bertz CT molecular complexity index is 1100. The highest BCUT2D eigenvalue weighted by Crippen LogP contribution is 2.56. The number of aromatic nitrogens is 4. The average Bonchev–Trinajstić information content (AvgIpc) is 3.34. The number of rotatable bonds is 5. The second-order valence-electron chi connectivity index (χ2n) is 8.03. The van der Waals surface area contributed by atoms with Crippen LogP contribution >= 0.6 is 11.8 Å². The van der Waals surface area contributed by atoms with Crippen molar-refractivity contribution in [3.8, 4) is 5.75 Å². The van der Waals surface area contributed by atoms with Crippen LogP contribution in [0.1, 0.15) is 37.3 Å². The van der Waals surface area contributed by atoms with E-state index in [2.05, 4.69) is 36.3 Å². The number of tetrazole rings is 1. The maximum Gasteiger partial charge on any atom is 0.345 e. The standard InChI is InChI=1S/C18H22N10O4S/c1-18(2)11(12-24-26-27-25-12)28-14(31)10(15(28)33-18)21-13(30)9(22-17(32)23-16(19)20)7-3-5-8(29)6-4-7/h3-6,9-11,15,29H,1-2H3,(H,21,30)(H,24,25,26,27)(H5,19,20,22,23,32)/t9-,10?,11?,15-/m1/s1. The Morgan fingerprint density at radius 2 is 2.00 bits per heavy atom. The third-order valence-electron chi connectivity index (χ3n) is 5.33. The van der Waals surface area contributed by atoms with Crippen LogP contribution in [0.3, 0.4) is 0 Å². The van der Waals surface area contributed by atoms with Crippen LogP contribution in [0.5, 0.6) is 5.75 Å². The molecule has 0 bridgehead atoms. The largest absolute Gasteiger partial charge is 0.508 e. The summed E-state index contributed by atoms with van der Waals surface area (Å²) >= 11 is 1.50. The molecule has 2 aromatic rings. The first-order valence-electron chi connectivity index (χ1n) is 9.81. The van der Waals surface area contributed by atoms with Gasteiger partial charge in [0.15, 0.2) is 11.8 Å². The number of nitrogens with one attached hydrogen (secondary N) is 3. The molecule has 174 valence electrons. The zero-order valence-corrected chi connectivity index (χ0v) is 18.4. The van der Waals surface area contributed by atoms with Crippen molar-refractivity contribution in [2.24, 2.45) is 16.5 Å². The van der Waals surface area contributed by atoms with Gasteiger partial charge in [-0.3, -0.25) is 9.59 Å². The molecule has 2 fully saturated rings. The van der Waals surface area contributed by atoms with E-state index in [0.29, 0.717) is 11.4 Å². The lowest BCUT2D eigenvalue weighted by Gasteiger charge is -2.44. The van der Waals surface area contributed by atoms with Crippen molar-refractivity contribution in [3.05, 3.63) is 35.7 Å². The number of nitrogens with zero attached hydrogens (tertiary/aromatic N) is 5. The first-order chi connectivity index (χ1) is 15.6. The quantitative estimate of drug-likeness (QED) is 0.174. The van der Waals surface area contributed by atoms with Crippen molar-refractivity contribution in [2.75, 3.05) is 0 Å². The fourth-order valence-electron chi connectivity index (χ4n) is 3.93. The number of H-pyrrole nitrogens is 1. The van der Waals surface area contributed by atoms with E-state index in [9.17, 15) is 19.5 Å². The van der Waals surface area contributed by atoms with Crippen molar-refractivity contribution in [2.45, 2.75) is 42.1 Å². The molecule has 2 unspecified atom stereocenters. The minimum Gasteiger partial charge on any atom is -0.508 e. The number of aliphatic imine (C=N–C) groups is 1. The van der Waals surface area contributed by atoms with Crippen LogP contribution in [0.4, 0.5) is 4.79 Å². The van der Waals surface area contributed by atoms with Crippen molar-refractivity contribution in [3.63, 3.8) is 0 Å². The summed E-state index contributed by atoms with van der Waals surface area (Å²) in [4.78, 5) is 43.2. The van der Waals surface area contributed by atoms with E-state index >= 15 is 0 Å². The summed E-state index contributed by atoms with van der Waals surface area (Å²) < 4.78 is -0.429. The number of hydrogen-bond donors (Lipinski definition) is 6. The fourth-order valence-corrected chi connectivity index (χ4v) is 5.56. The third kappa shape index (κ3) is 4.13. The molecule has 0 saturated carbocycles. The Morgan fingerprint density at radius 3 is 2.61 bits per heavy atom. The average molecular weight is 475 g/mol. The van der Waals surface area contributed by atoms with Gasteiger partial charge in [0, 0.05) is 4.75 Å². The van der Waals surface area contributed by atoms with E-state index in [1.54, 1.807) is 4.90 Å². The minimum atomic E-state index is -1.21. The molecular formula is C18H22N10O4S. The second-order valence-corrected chi connectivity index (χ2v) is 9.80. The zero-order valence-electron chi connectivity index (χ0n) is 17.6. The van der Waals surface area contributed by atoms with Gasteiger partial charge in [0.2, 0.25) is 11.8 Å². The molecule has 3 heterocycles. The number of benzene rings is 1. The van der Waals surface area contributed by atoms with Gasteiger partial charge in [-0.25, -0.2) is 4.79 Å². The second kappa shape index (κ2) is 8.23. The van der Waals surface area contributed by atoms with Gasteiger partial charge < -0.3 is 32.1 Å². The monoisotopic (exact) mass is 474 g/mol. The molecule has 0 radical (unpaired) electrons. The SMILES string of the molecule is CC1(C)S[C@@H]2C(NC(=O)[C@H](NC(=O)N=C(N)N)c3ccc(O)cc3)C(=O)N2C1c1nn[nH]n1. The molecule has 2 saturated heterocycles. The molecule has 4 rings (SSSR count). The molecule has 0 spiro atoms. The Balaban J connectivity index is 1.54. The normalized spacial score (nSPS) is 23.8. The number of aromatic hydroxyl groups is 1. The van der Waals surface area contributed by atoms with E-state index in [4.69, 9.17) is 11.5 Å². The molecule has 0 aliphatic carbocycles. The van der Waals surface area contributed by atoms with Crippen LogP contribution in [0.25, 0.3) is 0 Å². The lowest BCUT2D eigenvalue weighted by Crippen LogP contribution is -2.68. The molecule has 2 aliphatic rings. The number of carbonyl (C=O) groups is 3.